The second kappa shape index (κ2) is 5.22. The molecule has 0 saturated carbocycles. The molecule has 1 aliphatic rings. The summed E-state index contributed by atoms with van der Waals surface area (Å²) in [5.74, 6) is 0.627. The van der Waals surface area contributed by atoms with Gasteiger partial charge >= 0.3 is 0 Å². The minimum Gasteiger partial charge on any atom is -0.460 e. The monoisotopic (exact) mass is 290 g/mol. The first-order valence-electron chi connectivity index (χ1n) is 7.27. The van der Waals surface area contributed by atoms with E-state index in [2.05, 4.69) is 10.2 Å². The maximum absolute atomic E-state index is 12.3. The maximum atomic E-state index is 12.3. The fourth-order valence-electron chi connectivity index (χ4n) is 2.90. The summed E-state index contributed by atoms with van der Waals surface area (Å²) < 4.78 is 5.96. The molecule has 0 saturated heterocycles. The highest BCUT2D eigenvalue weighted by Gasteiger charge is 2.31. The van der Waals surface area contributed by atoms with Gasteiger partial charge in [-0.2, -0.15) is 10.2 Å². The van der Waals surface area contributed by atoms with Gasteiger partial charge in [0.05, 0.1) is 17.8 Å². The summed E-state index contributed by atoms with van der Waals surface area (Å²) in [6.45, 7) is 0.543. The van der Waals surface area contributed by atoms with E-state index in [1.807, 2.05) is 48.5 Å². The average Bonchev–Trinajstić information content (AvgIpc) is 3.05. The maximum Gasteiger partial charge on any atom is 0.192 e. The van der Waals surface area contributed by atoms with Gasteiger partial charge in [0.2, 0.25) is 0 Å². The third kappa shape index (κ3) is 2.13. The van der Waals surface area contributed by atoms with Crippen molar-refractivity contribution in [1.29, 1.82) is 0 Å². The highest BCUT2D eigenvalue weighted by atomic mass is 16.3. The van der Waals surface area contributed by atoms with E-state index in [9.17, 15) is 4.79 Å². The van der Waals surface area contributed by atoms with E-state index < -0.39 is 0 Å². The predicted octanol–water partition coefficient (Wildman–Crippen LogP) is 4.08. The van der Waals surface area contributed by atoms with E-state index in [0.717, 1.165) is 5.56 Å². The summed E-state index contributed by atoms with van der Waals surface area (Å²) in [5.41, 5.74) is 1.68. The summed E-state index contributed by atoms with van der Waals surface area (Å²) in [5, 5.41) is 9.11. The standard InChI is InChI=1S/C18H14N2O2/c21-15-10-17(22-16-9-5-4-8-13(15)16)14-11-19-20-18(14)12-6-2-1-3-7-12/h1-10,14,18H,11H2. The highest BCUT2D eigenvalue weighted by Crippen LogP contribution is 2.39. The van der Waals surface area contributed by atoms with Gasteiger partial charge in [0.15, 0.2) is 5.43 Å². The molecule has 108 valence electrons. The Balaban J connectivity index is 1.80. The Morgan fingerprint density at radius 1 is 1.00 bits per heavy atom. The summed E-state index contributed by atoms with van der Waals surface area (Å²) in [6.07, 6.45) is 0. The van der Waals surface area contributed by atoms with Crippen molar-refractivity contribution in [3.05, 3.63) is 82.2 Å². The summed E-state index contributed by atoms with van der Waals surface area (Å²) in [4.78, 5) is 12.3. The Kier molecular flexibility index (Phi) is 3.07. The molecule has 1 aromatic heterocycles. The third-order valence-corrected chi connectivity index (χ3v) is 4.03. The van der Waals surface area contributed by atoms with Crippen LogP contribution in [0.2, 0.25) is 0 Å². The van der Waals surface area contributed by atoms with Crippen LogP contribution in [0.3, 0.4) is 0 Å². The normalized spacial score (nSPS) is 20.5. The first kappa shape index (κ1) is 13.0. The minimum absolute atomic E-state index is 0.0180. The zero-order valence-corrected chi connectivity index (χ0v) is 11.8. The van der Waals surface area contributed by atoms with Crippen molar-refractivity contribution in [2.45, 2.75) is 12.0 Å². The molecule has 22 heavy (non-hydrogen) atoms. The Morgan fingerprint density at radius 2 is 1.77 bits per heavy atom. The van der Waals surface area contributed by atoms with Gasteiger partial charge in [-0.3, -0.25) is 4.79 Å². The van der Waals surface area contributed by atoms with Crippen molar-refractivity contribution in [3.8, 4) is 0 Å². The van der Waals surface area contributed by atoms with E-state index in [-0.39, 0.29) is 17.4 Å². The van der Waals surface area contributed by atoms with Crippen molar-refractivity contribution in [2.75, 3.05) is 6.54 Å². The summed E-state index contributed by atoms with van der Waals surface area (Å²) >= 11 is 0. The number of hydrogen-bond acceptors (Lipinski definition) is 4. The van der Waals surface area contributed by atoms with Gasteiger partial charge in [-0.1, -0.05) is 42.5 Å². The minimum atomic E-state index is -0.0921. The highest BCUT2D eigenvalue weighted by molar-refractivity contribution is 5.76. The smallest absolute Gasteiger partial charge is 0.192 e. The van der Waals surface area contributed by atoms with E-state index >= 15 is 0 Å². The lowest BCUT2D eigenvalue weighted by Gasteiger charge is -2.16. The lowest BCUT2D eigenvalue weighted by Crippen LogP contribution is -2.11. The lowest BCUT2D eigenvalue weighted by atomic mass is 9.92. The molecule has 0 amide bonds. The molecule has 4 heteroatoms. The number of azo groups is 1. The Hall–Kier alpha value is -2.75. The molecule has 0 spiro atoms. The largest absolute Gasteiger partial charge is 0.460 e. The van der Waals surface area contributed by atoms with Crippen molar-refractivity contribution < 1.29 is 4.42 Å². The Labute approximate surface area is 127 Å². The molecule has 4 rings (SSSR count). The van der Waals surface area contributed by atoms with Gasteiger partial charge < -0.3 is 4.42 Å². The quantitative estimate of drug-likeness (QED) is 0.714. The van der Waals surface area contributed by atoms with Gasteiger partial charge in [0.1, 0.15) is 17.4 Å². The molecule has 0 fully saturated rings. The molecular weight excluding hydrogens is 276 g/mol. The van der Waals surface area contributed by atoms with Crippen molar-refractivity contribution >= 4 is 11.0 Å². The van der Waals surface area contributed by atoms with Crippen LogP contribution in [0.5, 0.6) is 0 Å². The Bertz CT molecular complexity index is 900. The van der Waals surface area contributed by atoms with Crippen LogP contribution >= 0.6 is 0 Å². The van der Waals surface area contributed by atoms with Crippen molar-refractivity contribution in [3.63, 3.8) is 0 Å². The lowest BCUT2D eigenvalue weighted by molar-refractivity contribution is 0.465. The predicted molar refractivity (Wildman–Crippen MR) is 84.1 cm³/mol. The van der Waals surface area contributed by atoms with Gasteiger partial charge in [-0.25, -0.2) is 0 Å². The van der Waals surface area contributed by atoms with E-state index in [1.54, 1.807) is 12.1 Å². The zero-order chi connectivity index (χ0) is 14.9. The average molecular weight is 290 g/mol. The fourth-order valence-corrected chi connectivity index (χ4v) is 2.90. The summed E-state index contributed by atoms with van der Waals surface area (Å²) in [6, 6.07) is 18.8. The molecule has 3 aromatic rings. The van der Waals surface area contributed by atoms with Crippen LogP contribution < -0.4 is 5.43 Å². The van der Waals surface area contributed by atoms with Gasteiger partial charge in [-0.15, -0.1) is 0 Å². The molecule has 0 bridgehead atoms. The molecule has 2 heterocycles. The van der Waals surface area contributed by atoms with Crippen LogP contribution in [0.1, 0.15) is 23.3 Å². The van der Waals surface area contributed by atoms with E-state index in [1.165, 1.54) is 0 Å². The Morgan fingerprint density at radius 3 is 2.64 bits per heavy atom. The number of nitrogens with zero attached hydrogens (tertiary/aromatic N) is 2. The number of para-hydroxylation sites is 1. The van der Waals surface area contributed by atoms with E-state index in [0.29, 0.717) is 23.3 Å². The van der Waals surface area contributed by atoms with E-state index in [4.69, 9.17) is 4.42 Å². The molecule has 0 N–H and O–H groups in total. The number of hydrogen-bond donors (Lipinski definition) is 0. The van der Waals surface area contributed by atoms with Crippen molar-refractivity contribution in [2.24, 2.45) is 10.2 Å². The molecule has 1 aliphatic heterocycles. The number of fused-ring (bicyclic) bond motifs is 1. The number of rotatable bonds is 2. The van der Waals surface area contributed by atoms with Crippen LogP contribution in [0.4, 0.5) is 0 Å². The van der Waals surface area contributed by atoms with Gasteiger partial charge in [0.25, 0.3) is 0 Å². The summed E-state index contributed by atoms with van der Waals surface area (Å²) in [7, 11) is 0. The SMILES string of the molecule is O=c1cc(C2CN=NC2c2ccccc2)oc2ccccc12. The zero-order valence-electron chi connectivity index (χ0n) is 11.8. The van der Waals surface area contributed by atoms with Crippen LogP contribution in [0.25, 0.3) is 11.0 Å². The molecule has 2 atom stereocenters. The topological polar surface area (TPSA) is 54.9 Å². The van der Waals surface area contributed by atoms with Gasteiger partial charge in [0, 0.05) is 6.07 Å². The van der Waals surface area contributed by atoms with Gasteiger partial charge in [-0.05, 0) is 17.7 Å². The molecule has 2 unspecified atom stereocenters. The second-order valence-corrected chi connectivity index (χ2v) is 5.41. The van der Waals surface area contributed by atoms with Crippen LogP contribution in [0, 0.1) is 0 Å². The third-order valence-electron chi connectivity index (χ3n) is 4.03. The molecule has 0 aliphatic carbocycles. The van der Waals surface area contributed by atoms with Crippen LogP contribution in [-0.4, -0.2) is 6.54 Å². The van der Waals surface area contributed by atoms with Crippen LogP contribution in [-0.2, 0) is 0 Å². The molecule has 2 aromatic carbocycles. The first-order valence-corrected chi connectivity index (χ1v) is 7.27. The first-order chi connectivity index (χ1) is 10.8. The van der Waals surface area contributed by atoms with Crippen molar-refractivity contribution in [1.82, 2.24) is 0 Å². The van der Waals surface area contributed by atoms with Crippen LogP contribution in [0.15, 0.2) is 80.1 Å². The molecule has 0 radical (unpaired) electrons. The fraction of sp³-hybridized carbons (Fsp3) is 0.167. The second-order valence-electron chi connectivity index (χ2n) is 5.41. The number of benzene rings is 2. The molecular formula is C18H14N2O2. The molecule has 4 nitrogen and oxygen atoms in total.